The summed E-state index contributed by atoms with van der Waals surface area (Å²) in [6, 6.07) is 8.10. The summed E-state index contributed by atoms with van der Waals surface area (Å²) < 4.78 is 7.12. The Labute approximate surface area is 149 Å². The van der Waals surface area contributed by atoms with Gasteiger partial charge in [0, 0.05) is 6.54 Å². The molecule has 0 spiro atoms. The molecule has 0 fully saturated rings. The molecule has 1 atom stereocenters. The van der Waals surface area contributed by atoms with Crippen LogP contribution < -0.4 is 10.1 Å². The van der Waals surface area contributed by atoms with E-state index in [0.29, 0.717) is 18.2 Å². The van der Waals surface area contributed by atoms with Crippen LogP contribution in [0.4, 0.5) is 0 Å². The Kier molecular flexibility index (Phi) is 5.11. The van der Waals surface area contributed by atoms with Gasteiger partial charge in [-0.1, -0.05) is 19.9 Å². The molecule has 3 rings (SSSR count). The minimum atomic E-state index is -0.0464. The van der Waals surface area contributed by atoms with Crippen molar-refractivity contribution in [3.05, 3.63) is 46.8 Å². The van der Waals surface area contributed by atoms with Crippen LogP contribution >= 0.6 is 0 Å². The molecule has 0 aliphatic heterocycles. The second-order valence-electron chi connectivity index (χ2n) is 6.91. The molecule has 0 bridgehead atoms. The molecule has 0 saturated heterocycles. The van der Waals surface area contributed by atoms with E-state index >= 15 is 0 Å². The van der Waals surface area contributed by atoms with Crippen molar-refractivity contribution in [2.75, 3.05) is 7.11 Å². The first kappa shape index (κ1) is 17.5. The third kappa shape index (κ3) is 3.55. The first-order valence-electron chi connectivity index (χ1n) is 9.08. The summed E-state index contributed by atoms with van der Waals surface area (Å²) in [7, 11) is 1.68. The molecule has 5 nitrogen and oxygen atoms in total. The number of amides is 1. The molecule has 134 valence electrons. The van der Waals surface area contributed by atoms with E-state index in [4.69, 9.17) is 4.74 Å². The van der Waals surface area contributed by atoms with Crippen molar-refractivity contribution in [2.45, 2.75) is 58.5 Å². The third-order valence-electron chi connectivity index (χ3n) is 4.89. The number of nitrogens with one attached hydrogen (secondary N) is 1. The zero-order valence-corrected chi connectivity index (χ0v) is 15.5. The average molecular weight is 341 g/mol. The molecule has 1 aromatic heterocycles. The van der Waals surface area contributed by atoms with Gasteiger partial charge in [0.2, 0.25) is 0 Å². The molecular formula is C20H27N3O2. The number of rotatable bonds is 5. The van der Waals surface area contributed by atoms with Crippen LogP contribution in [0.15, 0.2) is 24.3 Å². The van der Waals surface area contributed by atoms with E-state index in [1.807, 2.05) is 19.1 Å². The van der Waals surface area contributed by atoms with Crippen LogP contribution in [0.3, 0.4) is 0 Å². The predicted molar refractivity (Wildman–Crippen MR) is 98.1 cm³/mol. The first-order valence-corrected chi connectivity index (χ1v) is 9.08. The van der Waals surface area contributed by atoms with Gasteiger partial charge >= 0.3 is 0 Å². The molecule has 1 amide bonds. The lowest BCUT2D eigenvalue weighted by atomic mass is 9.87. The van der Waals surface area contributed by atoms with Crippen LogP contribution in [-0.4, -0.2) is 22.8 Å². The van der Waals surface area contributed by atoms with E-state index in [1.54, 1.807) is 11.8 Å². The Bertz CT molecular complexity index is 764. The van der Waals surface area contributed by atoms with Crippen molar-refractivity contribution in [2.24, 2.45) is 0 Å². The monoisotopic (exact) mass is 341 g/mol. The number of ether oxygens (including phenoxy) is 1. The second kappa shape index (κ2) is 7.30. The normalized spacial score (nSPS) is 16.6. The molecule has 0 saturated carbocycles. The summed E-state index contributed by atoms with van der Waals surface area (Å²) in [4.78, 5) is 12.9. The van der Waals surface area contributed by atoms with Gasteiger partial charge in [-0.05, 0) is 61.4 Å². The van der Waals surface area contributed by atoms with Crippen LogP contribution in [0.5, 0.6) is 5.75 Å². The molecule has 1 aliphatic carbocycles. The molecule has 1 heterocycles. The Morgan fingerprint density at radius 3 is 2.88 bits per heavy atom. The van der Waals surface area contributed by atoms with E-state index in [2.05, 4.69) is 36.4 Å². The molecule has 25 heavy (non-hydrogen) atoms. The Morgan fingerprint density at radius 1 is 1.40 bits per heavy atom. The highest BCUT2D eigenvalue weighted by Gasteiger charge is 2.24. The van der Waals surface area contributed by atoms with E-state index in [9.17, 15) is 4.79 Å². The summed E-state index contributed by atoms with van der Waals surface area (Å²) >= 11 is 0. The van der Waals surface area contributed by atoms with Crippen molar-refractivity contribution < 1.29 is 9.53 Å². The topological polar surface area (TPSA) is 56.2 Å². The van der Waals surface area contributed by atoms with Crippen molar-refractivity contribution in [3.8, 4) is 5.75 Å². The highest BCUT2D eigenvalue weighted by atomic mass is 16.5. The van der Waals surface area contributed by atoms with Gasteiger partial charge in [-0.25, -0.2) is 0 Å². The summed E-state index contributed by atoms with van der Waals surface area (Å²) in [5.74, 6) is 1.13. The van der Waals surface area contributed by atoms with Gasteiger partial charge in [0.05, 0.1) is 18.8 Å². The number of hydrogen-bond donors (Lipinski definition) is 1. The van der Waals surface area contributed by atoms with Crippen LogP contribution in [0.25, 0.3) is 0 Å². The highest BCUT2D eigenvalue weighted by Crippen LogP contribution is 2.32. The lowest BCUT2D eigenvalue weighted by molar-refractivity contribution is 0.0922. The second-order valence-corrected chi connectivity index (χ2v) is 6.91. The Hall–Kier alpha value is -2.30. The summed E-state index contributed by atoms with van der Waals surface area (Å²) in [6.45, 7) is 6.88. The largest absolute Gasteiger partial charge is 0.497 e. The maximum atomic E-state index is 12.9. The van der Waals surface area contributed by atoms with Gasteiger partial charge in [-0.3, -0.25) is 9.48 Å². The molecule has 1 aromatic carbocycles. The molecule has 5 heteroatoms. The van der Waals surface area contributed by atoms with Gasteiger partial charge in [0.1, 0.15) is 11.4 Å². The lowest BCUT2D eigenvalue weighted by Gasteiger charge is -2.26. The zero-order chi connectivity index (χ0) is 18.0. The number of carbonyl (C=O) groups is 1. The average Bonchev–Trinajstić information content (AvgIpc) is 3.06. The number of nitrogens with zero attached hydrogens (tertiary/aromatic N) is 2. The number of aromatic nitrogens is 2. The summed E-state index contributed by atoms with van der Waals surface area (Å²) in [6.07, 6.45) is 3.06. The Morgan fingerprint density at radius 2 is 2.20 bits per heavy atom. The lowest BCUT2D eigenvalue weighted by Crippen LogP contribution is -2.32. The van der Waals surface area contributed by atoms with E-state index in [1.165, 1.54) is 11.1 Å². The minimum Gasteiger partial charge on any atom is -0.497 e. The summed E-state index contributed by atoms with van der Waals surface area (Å²) in [5, 5.41) is 7.76. The molecule has 2 aromatic rings. The minimum absolute atomic E-state index is 0.0462. The number of carbonyl (C=O) groups excluding carboxylic acids is 1. The fourth-order valence-corrected chi connectivity index (χ4v) is 3.44. The first-order chi connectivity index (χ1) is 12.0. The van der Waals surface area contributed by atoms with Gasteiger partial charge in [0.25, 0.3) is 5.91 Å². The van der Waals surface area contributed by atoms with Crippen LogP contribution in [0, 0.1) is 0 Å². The fraction of sp³-hybridized carbons (Fsp3) is 0.500. The smallest absolute Gasteiger partial charge is 0.270 e. The standard InChI is InChI=1S/C20H27N3O2/c1-5-23-19(12-18(22-23)13(2)3)20(24)21-17-8-6-7-14-11-15(25-4)9-10-16(14)17/h9-13,17H,5-8H2,1-4H3,(H,21,24)/t17-/m0/s1. The molecule has 0 unspecified atom stereocenters. The predicted octanol–water partition coefficient (Wildman–Crippen LogP) is 3.84. The van der Waals surface area contributed by atoms with Crippen molar-refractivity contribution in [1.29, 1.82) is 0 Å². The van der Waals surface area contributed by atoms with Gasteiger partial charge < -0.3 is 10.1 Å². The van der Waals surface area contributed by atoms with Crippen LogP contribution in [0.2, 0.25) is 0 Å². The maximum Gasteiger partial charge on any atom is 0.270 e. The van der Waals surface area contributed by atoms with Crippen molar-refractivity contribution >= 4 is 5.91 Å². The number of methoxy groups -OCH3 is 1. The Balaban J connectivity index is 1.83. The van der Waals surface area contributed by atoms with E-state index in [-0.39, 0.29) is 11.9 Å². The van der Waals surface area contributed by atoms with Crippen molar-refractivity contribution in [1.82, 2.24) is 15.1 Å². The number of fused-ring (bicyclic) bond motifs is 1. The number of hydrogen-bond acceptors (Lipinski definition) is 3. The molecule has 1 aliphatic rings. The highest BCUT2D eigenvalue weighted by molar-refractivity contribution is 5.93. The third-order valence-corrected chi connectivity index (χ3v) is 4.89. The fourth-order valence-electron chi connectivity index (χ4n) is 3.44. The molecule has 1 N–H and O–H groups in total. The van der Waals surface area contributed by atoms with Gasteiger partial charge in [0.15, 0.2) is 0 Å². The number of benzene rings is 1. The molecular weight excluding hydrogens is 314 g/mol. The molecule has 0 radical (unpaired) electrons. The van der Waals surface area contributed by atoms with Gasteiger partial charge in [-0.15, -0.1) is 0 Å². The van der Waals surface area contributed by atoms with Gasteiger partial charge in [-0.2, -0.15) is 5.10 Å². The SMILES string of the molecule is CCn1nc(C(C)C)cc1C(=O)N[C@H]1CCCc2cc(OC)ccc21. The summed E-state index contributed by atoms with van der Waals surface area (Å²) in [5.41, 5.74) is 4.07. The van der Waals surface area contributed by atoms with E-state index < -0.39 is 0 Å². The number of aryl methyl sites for hydroxylation is 2. The van der Waals surface area contributed by atoms with Crippen LogP contribution in [0.1, 0.15) is 72.9 Å². The maximum absolute atomic E-state index is 12.9. The quantitative estimate of drug-likeness (QED) is 0.899. The zero-order valence-electron chi connectivity index (χ0n) is 15.5. The van der Waals surface area contributed by atoms with Crippen LogP contribution in [-0.2, 0) is 13.0 Å². The van der Waals surface area contributed by atoms with E-state index in [0.717, 1.165) is 30.7 Å². The van der Waals surface area contributed by atoms with Crippen molar-refractivity contribution in [3.63, 3.8) is 0 Å².